The summed E-state index contributed by atoms with van der Waals surface area (Å²) in [6.07, 6.45) is 0. The van der Waals surface area contributed by atoms with E-state index in [2.05, 4.69) is 141 Å². The molecule has 0 unspecified atom stereocenters. The van der Waals surface area contributed by atoms with Crippen LogP contribution in [0.25, 0.3) is 0 Å². The molecule has 16 bridgehead atoms. The largest absolute Gasteiger partial charge is 0.287 e. The zero-order chi connectivity index (χ0) is 34.7. The van der Waals surface area contributed by atoms with Gasteiger partial charge in [-0.15, -0.1) is 0 Å². The Balaban J connectivity index is 1.24. The lowest BCUT2D eigenvalue weighted by Gasteiger charge is -2.27. The van der Waals surface area contributed by atoms with Gasteiger partial charge in [0.2, 0.25) is 0 Å². The first-order chi connectivity index (χ1) is 25.6. The van der Waals surface area contributed by atoms with Gasteiger partial charge in [-0.05, 0) is 70.8 Å². The summed E-state index contributed by atoms with van der Waals surface area (Å²) in [4.78, 5) is 31.1. The van der Waals surface area contributed by atoms with Crippen LogP contribution in [0.1, 0.15) is 67.8 Å². The van der Waals surface area contributed by atoms with Crippen LogP contribution in [0.4, 0.5) is 0 Å². The summed E-state index contributed by atoms with van der Waals surface area (Å²) >= 11 is 0. The van der Waals surface area contributed by atoms with Crippen molar-refractivity contribution in [3.05, 3.63) is 189 Å². The average Bonchev–Trinajstić information content (AvgIpc) is 3.11. The van der Waals surface area contributed by atoms with E-state index in [1.54, 1.807) is 0 Å². The fraction of sp³-hybridized carbons (Fsp3) is 0.273. The van der Waals surface area contributed by atoms with E-state index < -0.39 is 0 Å². The van der Waals surface area contributed by atoms with Crippen molar-refractivity contribution in [1.29, 1.82) is 0 Å². The average molecular weight is 685 g/mol. The third-order valence-corrected chi connectivity index (χ3v) is 10.2. The van der Waals surface area contributed by atoms with E-state index in [9.17, 15) is 0 Å². The summed E-state index contributed by atoms with van der Waals surface area (Å²) in [6, 6.07) is 44.2. The zero-order valence-corrected chi connectivity index (χ0v) is 29.6. The molecule has 260 valence electrons. The number of hydrogen-bond acceptors (Lipinski definition) is 8. The zero-order valence-electron chi connectivity index (χ0n) is 29.6. The van der Waals surface area contributed by atoms with E-state index >= 15 is 0 Å². The number of hydrogen-bond donors (Lipinski definition) is 0. The van der Waals surface area contributed by atoms with E-state index in [0.717, 1.165) is 124 Å². The molecule has 0 saturated carbocycles. The molecule has 0 saturated heterocycles. The first-order valence-corrected chi connectivity index (χ1v) is 18.4. The van der Waals surface area contributed by atoms with Crippen molar-refractivity contribution >= 4 is 0 Å². The number of nitrogens with zero attached hydrogens (tertiary/aromatic N) is 8. The first kappa shape index (κ1) is 32.8. The highest BCUT2D eigenvalue weighted by Crippen LogP contribution is 2.22. The van der Waals surface area contributed by atoms with Crippen LogP contribution in [0.5, 0.6) is 0 Å². The van der Waals surface area contributed by atoms with E-state index in [1.165, 1.54) is 22.3 Å². The van der Waals surface area contributed by atoms with Crippen molar-refractivity contribution in [2.24, 2.45) is 0 Å². The SMILES string of the molecule is c1cc2cc(c1)CN1Cc3cccc(n3)CN3Cc4cccc(c4)CN(Cc4cccc(n4)CN(C2)Cc2cccc(n2)C3)Cc2cccc(n2)C1. The maximum Gasteiger partial charge on any atom is 0.0548 e. The molecule has 0 radical (unpaired) electrons. The summed E-state index contributed by atoms with van der Waals surface area (Å²) in [6.45, 7) is 9.03. The molecule has 4 aliphatic heterocycles. The van der Waals surface area contributed by atoms with Gasteiger partial charge in [-0.25, -0.2) is 0 Å². The van der Waals surface area contributed by atoms with Gasteiger partial charge in [-0.1, -0.05) is 72.8 Å². The summed E-state index contributed by atoms with van der Waals surface area (Å²) < 4.78 is 0. The second kappa shape index (κ2) is 14.9. The van der Waals surface area contributed by atoms with Gasteiger partial charge in [0.1, 0.15) is 0 Å². The molecular formula is C44H44N8. The maximum absolute atomic E-state index is 5.27. The lowest BCUT2D eigenvalue weighted by atomic mass is 10.1. The van der Waals surface area contributed by atoms with Gasteiger partial charge in [0.05, 0.1) is 45.6 Å². The second-order valence-corrected chi connectivity index (χ2v) is 14.7. The van der Waals surface area contributed by atoms with Crippen LogP contribution in [-0.2, 0) is 78.5 Å². The Kier molecular flexibility index (Phi) is 9.36. The molecule has 2 aromatic carbocycles. The number of rotatable bonds is 0. The Bertz CT molecular complexity index is 1660. The molecule has 0 fully saturated rings. The minimum absolute atomic E-state index is 0.730. The highest BCUT2D eigenvalue weighted by atomic mass is 15.2. The van der Waals surface area contributed by atoms with Crippen molar-refractivity contribution in [2.45, 2.75) is 78.5 Å². The molecule has 0 amide bonds. The number of benzene rings is 2. The third-order valence-electron chi connectivity index (χ3n) is 10.2. The normalized spacial score (nSPS) is 21.7. The molecule has 0 atom stereocenters. The Morgan fingerprint density at radius 1 is 0.250 bits per heavy atom. The quantitative estimate of drug-likeness (QED) is 0.169. The lowest BCUT2D eigenvalue weighted by Crippen LogP contribution is -2.28. The monoisotopic (exact) mass is 684 g/mol. The van der Waals surface area contributed by atoms with Crippen LogP contribution in [0.2, 0.25) is 0 Å². The topological polar surface area (TPSA) is 64.5 Å². The van der Waals surface area contributed by atoms with Gasteiger partial charge in [0.15, 0.2) is 0 Å². The van der Waals surface area contributed by atoms with E-state index in [-0.39, 0.29) is 0 Å². The molecule has 0 aliphatic carbocycles. The van der Waals surface area contributed by atoms with Crippen LogP contribution >= 0.6 is 0 Å². The van der Waals surface area contributed by atoms with E-state index in [4.69, 9.17) is 19.9 Å². The van der Waals surface area contributed by atoms with Gasteiger partial charge in [-0.2, -0.15) is 0 Å². The van der Waals surface area contributed by atoms with Crippen molar-refractivity contribution in [3.63, 3.8) is 0 Å². The highest BCUT2D eigenvalue weighted by Gasteiger charge is 2.19. The van der Waals surface area contributed by atoms with Crippen molar-refractivity contribution in [2.75, 3.05) is 0 Å². The molecule has 8 nitrogen and oxygen atoms in total. The molecule has 4 aromatic heterocycles. The Morgan fingerprint density at radius 2 is 0.442 bits per heavy atom. The summed E-state index contributed by atoms with van der Waals surface area (Å²) in [5.74, 6) is 0. The Morgan fingerprint density at radius 3 is 0.654 bits per heavy atom. The summed E-state index contributed by atoms with van der Waals surface area (Å²) in [7, 11) is 0. The van der Waals surface area contributed by atoms with E-state index in [1.807, 2.05) is 0 Å². The molecule has 8 heteroatoms. The summed E-state index contributed by atoms with van der Waals surface area (Å²) in [5, 5.41) is 0. The van der Waals surface area contributed by atoms with Crippen LogP contribution in [0, 0.1) is 0 Å². The van der Waals surface area contributed by atoms with Crippen molar-refractivity contribution in [3.8, 4) is 0 Å². The van der Waals surface area contributed by atoms with Crippen LogP contribution < -0.4 is 0 Å². The van der Waals surface area contributed by atoms with E-state index in [0.29, 0.717) is 0 Å². The first-order valence-electron chi connectivity index (χ1n) is 18.4. The molecule has 4 aliphatic rings. The highest BCUT2D eigenvalue weighted by molar-refractivity contribution is 5.27. The molecule has 0 N–H and O–H groups in total. The molecule has 52 heavy (non-hydrogen) atoms. The molecular weight excluding hydrogens is 641 g/mol. The van der Waals surface area contributed by atoms with Gasteiger partial charge < -0.3 is 0 Å². The maximum atomic E-state index is 5.27. The summed E-state index contributed by atoms with van der Waals surface area (Å²) in [5.41, 5.74) is 13.7. The fourth-order valence-corrected chi connectivity index (χ4v) is 8.01. The van der Waals surface area contributed by atoms with Crippen molar-refractivity contribution < 1.29 is 0 Å². The van der Waals surface area contributed by atoms with Gasteiger partial charge in [-0.3, -0.25) is 39.5 Å². The van der Waals surface area contributed by atoms with Crippen LogP contribution in [0.15, 0.2) is 121 Å². The molecule has 0 spiro atoms. The predicted octanol–water partition coefficient (Wildman–Crippen LogP) is 7.02. The molecule has 6 aromatic rings. The van der Waals surface area contributed by atoms with Gasteiger partial charge in [0, 0.05) is 78.5 Å². The standard InChI is InChI=1S/C44H44N8/c1-7-33-19-34(8-1)22-50-27-39-13-5-16-42(47-39)30-51-23-35-9-2-10-36(20-35)24-52(32-44-18-6-14-40(28-50)48-44)31-43-17-4-12-38(46-43)26-49(21-33)25-37-11-3-15-41(29-51)45-37/h1-20H,21-32H2. The fourth-order valence-electron chi connectivity index (χ4n) is 8.01. The van der Waals surface area contributed by atoms with Crippen molar-refractivity contribution in [1.82, 2.24) is 39.5 Å². The minimum Gasteiger partial charge on any atom is -0.287 e. The Labute approximate surface area is 306 Å². The molecule has 10 rings (SSSR count). The number of pyridine rings is 4. The van der Waals surface area contributed by atoms with Gasteiger partial charge >= 0.3 is 0 Å². The predicted molar refractivity (Wildman–Crippen MR) is 202 cm³/mol. The van der Waals surface area contributed by atoms with Gasteiger partial charge in [0.25, 0.3) is 0 Å². The second-order valence-electron chi connectivity index (χ2n) is 14.7. The third kappa shape index (κ3) is 8.16. The minimum atomic E-state index is 0.730. The van der Waals surface area contributed by atoms with Crippen LogP contribution in [0.3, 0.4) is 0 Å². The number of aromatic nitrogens is 4. The lowest BCUT2D eigenvalue weighted by molar-refractivity contribution is 0.224. The molecule has 8 heterocycles. The van der Waals surface area contributed by atoms with Crippen LogP contribution in [-0.4, -0.2) is 39.5 Å². The smallest absolute Gasteiger partial charge is 0.0548 e. The Hall–Kier alpha value is -5.12.